The van der Waals surface area contributed by atoms with Crippen molar-refractivity contribution in [2.75, 3.05) is 13.2 Å². The van der Waals surface area contributed by atoms with E-state index in [-0.39, 0.29) is 23.6 Å². The molecule has 2 N–H and O–H groups in total. The van der Waals surface area contributed by atoms with E-state index < -0.39 is 8.32 Å². The average molecular weight is 556 g/mol. The highest BCUT2D eigenvalue weighted by Crippen LogP contribution is 2.36. The summed E-state index contributed by atoms with van der Waals surface area (Å²) in [4.78, 5) is 13.7. The van der Waals surface area contributed by atoms with Crippen LogP contribution in [0.15, 0.2) is 84.9 Å². The van der Waals surface area contributed by atoms with Crippen LogP contribution in [0.4, 0.5) is 0 Å². The summed E-state index contributed by atoms with van der Waals surface area (Å²) in [5.74, 6) is 0.254. The van der Waals surface area contributed by atoms with Crippen LogP contribution in [-0.2, 0) is 11.0 Å². The Morgan fingerprint density at radius 1 is 0.925 bits per heavy atom. The highest BCUT2D eigenvalue weighted by atomic mass is 28.4. The second-order valence-corrected chi connectivity index (χ2v) is 16.3. The predicted molar refractivity (Wildman–Crippen MR) is 164 cm³/mol. The Balaban J connectivity index is 1.43. The molecule has 1 saturated carbocycles. The van der Waals surface area contributed by atoms with E-state index in [4.69, 9.17) is 9.52 Å². The van der Waals surface area contributed by atoms with Crippen molar-refractivity contribution in [1.29, 1.82) is 0 Å². The SMILES string of the molecule is CC(C)(C)[Si](OCCn1nc2ccccc2c1C(=O)NC1CCC(CO)CC1)(c1ccccc1)c1ccccc1. The Hall–Kier alpha value is -3.26. The van der Waals surface area contributed by atoms with Crippen molar-refractivity contribution in [1.82, 2.24) is 15.1 Å². The molecular formula is C33H41N3O3Si. The lowest BCUT2D eigenvalue weighted by atomic mass is 9.86. The molecule has 7 heteroatoms. The van der Waals surface area contributed by atoms with Crippen LogP contribution in [0.1, 0.15) is 56.9 Å². The van der Waals surface area contributed by atoms with Crippen LogP contribution in [0.25, 0.3) is 10.9 Å². The normalized spacial score (nSPS) is 18.1. The number of carbonyl (C=O) groups is 1. The molecule has 0 spiro atoms. The molecule has 0 bridgehead atoms. The monoisotopic (exact) mass is 555 g/mol. The van der Waals surface area contributed by atoms with Crippen LogP contribution in [0.3, 0.4) is 0 Å². The highest BCUT2D eigenvalue weighted by Gasteiger charge is 2.50. The van der Waals surface area contributed by atoms with Gasteiger partial charge in [0, 0.05) is 18.0 Å². The number of rotatable bonds is 9. The Morgan fingerprint density at radius 2 is 1.50 bits per heavy atom. The molecule has 6 nitrogen and oxygen atoms in total. The molecule has 0 unspecified atom stereocenters. The third-order valence-corrected chi connectivity index (χ3v) is 13.4. The molecular weight excluding hydrogens is 514 g/mol. The molecule has 1 aromatic heterocycles. The molecule has 1 fully saturated rings. The molecule has 0 aliphatic heterocycles. The van der Waals surface area contributed by atoms with Crippen molar-refractivity contribution < 1.29 is 14.3 Å². The van der Waals surface area contributed by atoms with Crippen molar-refractivity contribution in [2.45, 2.75) is 64.1 Å². The fourth-order valence-electron chi connectivity index (χ4n) is 6.27. The van der Waals surface area contributed by atoms with Gasteiger partial charge in [0.25, 0.3) is 14.2 Å². The zero-order chi connectivity index (χ0) is 28.2. The molecule has 1 heterocycles. The first-order valence-corrected chi connectivity index (χ1v) is 16.4. The molecule has 0 radical (unpaired) electrons. The number of aliphatic hydroxyl groups excluding tert-OH is 1. The van der Waals surface area contributed by atoms with E-state index in [1.165, 1.54) is 10.4 Å². The number of hydrogen-bond donors (Lipinski definition) is 2. The summed E-state index contributed by atoms with van der Waals surface area (Å²) in [5, 5.41) is 20.8. The van der Waals surface area contributed by atoms with Gasteiger partial charge in [-0.05, 0) is 53.1 Å². The van der Waals surface area contributed by atoms with E-state index >= 15 is 0 Å². The molecule has 0 atom stereocenters. The zero-order valence-corrected chi connectivity index (χ0v) is 24.8. The van der Waals surface area contributed by atoms with Crippen LogP contribution in [0.5, 0.6) is 0 Å². The maximum absolute atomic E-state index is 13.7. The molecule has 5 rings (SSSR count). The molecule has 1 aliphatic rings. The summed E-state index contributed by atoms with van der Waals surface area (Å²) >= 11 is 0. The summed E-state index contributed by atoms with van der Waals surface area (Å²) in [6, 6.07) is 29.2. The lowest BCUT2D eigenvalue weighted by Gasteiger charge is -2.43. The Morgan fingerprint density at radius 3 is 2.08 bits per heavy atom. The molecule has 4 aromatic rings. The zero-order valence-electron chi connectivity index (χ0n) is 23.8. The number of fused-ring (bicyclic) bond motifs is 1. The van der Waals surface area contributed by atoms with Crippen LogP contribution in [0.2, 0.25) is 5.04 Å². The summed E-state index contributed by atoms with van der Waals surface area (Å²) in [7, 11) is -2.69. The maximum atomic E-state index is 13.7. The second kappa shape index (κ2) is 12.1. The number of aromatic nitrogens is 2. The smallest absolute Gasteiger partial charge is 0.270 e. The number of nitrogens with one attached hydrogen (secondary N) is 1. The maximum Gasteiger partial charge on any atom is 0.270 e. The summed E-state index contributed by atoms with van der Waals surface area (Å²) in [6.45, 7) is 7.94. The van der Waals surface area contributed by atoms with Crippen molar-refractivity contribution in [3.63, 3.8) is 0 Å². The van der Waals surface area contributed by atoms with Gasteiger partial charge < -0.3 is 14.8 Å². The van der Waals surface area contributed by atoms with E-state index in [0.29, 0.717) is 24.8 Å². The standard InChI is InChI=1S/C33H41N3O3Si/c1-33(2,3)40(27-12-6-4-7-13-27,28-14-8-5-9-15-28)39-23-22-36-31(29-16-10-11-17-30(29)35-36)32(38)34-26-20-18-25(24-37)19-21-26/h4-17,25-26,37H,18-24H2,1-3H3,(H,34,38). The van der Waals surface area contributed by atoms with E-state index in [1.807, 2.05) is 41.1 Å². The molecule has 1 aliphatic carbocycles. The molecule has 3 aromatic carbocycles. The number of hydrogen-bond acceptors (Lipinski definition) is 4. The Kier molecular flexibility index (Phi) is 8.54. The first-order valence-electron chi connectivity index (χ1n) is 14.5. The third-order valence-electron chi connectivity index (χ3n) is 8.34. The number of aliphatic hydroxyl groups is 1. The summed E-state index contributed by atoms with van der Waals surface area (Å²) in [5.41, 5.74) is 1.40. The van der Waals surface area contributed by atoms with Crippen molar-refractivity contribution >= 4 is 35.5 Å². The van der Waals surface area contributed by atoms with Crippen molar-refractivity contribution in [3.05, 3.63) is 90.6 Å². The van der Waals surface area contributed by atoms with Crippen molar-refractivity contribution in [2.24, 2.45) is 5.92 Å². The molecule has 40 heavy (non-hydrogen) atoms. The largest absolute Gasteiger partial charge is 0.406 e. The second-order valence-electron chi connectivity index (χ2n) is 12.0. The topological polar surface area (TPSA) is 76.4 Å². The third kappa shape index (κ3) is 5.64. The minimum absolute atomic E-state index is 0.0911. The van der Waals surface area contributed by atoms with Gasteiger partial charge in [0.2, 0.25) is 0 Å². The van der Waals surface area contributed by atoms with Crippen molar-refractivity contribution in [3.8, 4) is 0 Å². The van der Waals surface area contributed by atoms with E-state index in [1.54, 1.807) is 0 Å². The fourth-order valence-corrected chi connectivity index (χ4v) is 10.8. The average Bonchev–Trinajstić information content (AvgIpc) is 3.34. The highest BCUT2D eigenvalue weighted by molar-refractivity contribution is 6.99. The number of carbonyl (C=O) groups excluding carboxylic acids is 1. The van der Waals surface area contributed by atoms with E-state index in [0.717, 1.165) is 36.6 Å². The van der Waals surface area contributed by atoms with Crippen LogP contribution in [0, 0.1) is 5.92 Å². The summed E-state index contributed by atoms with van der Waals surface area (Å²) < 4.78 is 8.93. The number of nitrogens with zero attached hydrogens (tertiary/aromatic N) is 2. The van der Waals surface area contributed by atoms with Gasteiger partial charge in [0.1, 0.15) is 5.69 Å². The molecule has 1 amide bonds. The Bertz CT molecular complexity index is 1370. The Labute approximate surface area is 238 Å². The van der Waals surface area contributed by atoms with Gasteiger partial charge in [-0.25, -0.2) is 0 Å². The minimum Gasteiger partial charge on any atom is -0.406 e. The van der Waals surface area contributed by atoms with Gasteiger partial charge in [-0.1, -0.05) is 99.6 Å². The van der Waals surface area contributed by atoms with Gasteiger partial charge in [-0.3, -0.25) is 9.48 Å². The summed E-state index contributed by atoms with van der Waals surface area (Å²) in [6.07, 6.45) is 3.65. The number of benzene rings is 3. The van der Waals surface area contributed by atoms with Gasteiger partial charge in [0.15, 0.2) is 0 Å². The van der Waals surface area contributed by atoms with Crippen LogP contribution >= 0.6 is 0 Å². The minimum atomic E-state index is -2.69. The van der Waals surface area contributed by atoms with Gasteiger partial charge in [0.05, 0.1) is 18.7 Å². The van der Waals surface area contributed by atoms with Gasteiger partial charge in [-0.15, -0.1) is 0 Å². The van der Waals surface area contributed by atoms with Crippen LogP contribution in [-0.4, -0.2) is 48.4 Å². The van der Waals surface area contributed by atoms with Gasteiger partial charge in [-0.2, -0.15) is 5.10 Å². The van der Waals surface area contributed by atoms with E-state index in [2.05, 4.69) is 74.6 Å². The van der Waals surface area contributed by atoms with Gasteiger partial charge >= 0.3 is 0 Å². The first-order chi connectivity index (χ1) is 19.3. The first kappa shape index (κ1) is 28.3. The predicted octanol–water partition coefficient (Wildman–Crippen LogP) is 4.89. The molecule has 210 valence electrons. The molecule has 0 saturated heterocycles. The lowest BCUT2D eigenvalue weighted by molar-refractivity contribution is 0.0903. The fraction of sp³-hybridized carbons (Fsp3) is 0.394. The van der Waals surface area contributed by atoms with E-state index in [9.17, 15) is 9.90 Å². The lowest BCUT2D eigenvalue weighted by Crippen LogP contribution is -2.66. The number of amides is 1. The quantitative estimate of drug-likeness (QED) is 0.288. The van der Waals surface area contributed by atoms with Crippen LogP contribution < -0.4 is 15.7 Å².